The highest BCUT2D eigenvalue weighted by molar-refractivity contribution is 5.58. The van der Waals surface area contributed by atoms with Crippen LogP contribution in [0.5, 0.6) is 17.2 Å². The lowest BCUT2D eigenvalue weighted by Crippen LogP contribution is -2.47. The molecular weight excluding hydrogens is 328 g/mol. The van der Waals surface area contributed by atoms with E-state index in [9.17, 15) is 0 Å². The maximum atomic E-state index is 5.94. The van der Waals surface area contributed by atoms with Crippen LogP contribution in [-0.4, -0.2) is 57.9 Å². The van der Waals surface area contributed by atoms with Crippen molar-refractivity contribution in [3.8, 4) is 17.2 Å². The lowest BCUT2D eigenvalue weighted by atomic mass is 10.2. The molecule has 0 atom stereocenters. The third kappa shape index (κ3) is 4.61. The van der Waals surface area contributed by atoms with Gasteiger partial charge >= 0.3 is 0 Å². The topological polar surface area (TPSA) is 34.2 Å². The first kappa shape index (κ1) is 18.4. The van der Waals surface area contributed by atoms with Crippen LogP contribution in [-0.2, 0) is 0 Å². The lowest BCUT2D eigenvalue weighted by molar-refractivity contribution is 0.195. The van der Waals surface area contributed by atoms with Crippen LogP contribution >= 0.6 is 0 Å². The SMILES string of the molecule is CCOc1ccccc1OCCN1CCN(c2ccccc2OC)CC1. The second kappa shape index (κ2) is 9.34. The molecule has 5 nitrogen and oxygen atoms in total. The Kier molecular flexibility index (Phi) is 6.61. The molecule has 1 fully saturated rings. The number of hydrogen-bond acceptors (Lipinski definition) is 5. The Balaban J connectivity index is 1.46. The summed E-state index contributed by atoms with van der Waals surface area (Å²) in [7, 11) is 1.73. The highest BCUT2D eigenvalue weighted by Crippen LogP contribution is 2.28. The number of anilines is 1. The molecule has 0 unspecified atom stereocenters. The highest BCUT2D eigenvalue weighted by Gasteiger charge is 2.19. The van der Waals surface area contributed by atoms with E-state index in [-0.39, 0.29) is 0 Å². The van der Waals surface area contributed by atoms with Crippen molar-refractivity contribution >= 4 is 5.69 Å². The first-order chi connectivity index (χ1) is 12.8. The average molecular weight is 356 g/mol. The summed E-state index contributed by atoms with van der Waals surface area (Å²) in [6, 6.07) is 16.1. The molecule has 2 aromatic carbocycles. The first-order valence-electron chi connectivity index (χ1n) is 9.26. The summed E-state index contributed by atoms with van der Waals surface area (Å²) in [6.07, 6.45) is 0. The summed E-state index contributed by atoms with van der Waals surface area (Å²) >= 11 is 0. The van der Waals surface area contributed by atoms with Gasteiger partial charge in [-0.2, -0.15) is 0 Å². The molecule has 3 rings (SSSR count). The Morgan fingerprint density at radius 3 is 2.08 bits per heavy atom. The van der Waals surface area contributed by atoms with Crippen molar-refractivity contribution < 1.29 is 14.2 Å². The molecule has 1 aliphatic heterocycles. The molecule has 0 aliphatic carbocycles. The predicted octanol–water partition coefficient (Wildman–Crippen LogP) is 3.29. The number of benzene rings is 2. The summed E-state index contributed by atoms with van der Waals surface area (Å²) in [5, 5.41) is 0. The van der Waals surface area contributed by atoms with Crippen LogP contribution in [0, 0.1) is 0 Å². The molecular formula is C21H28N2O3. The van der Waals surface area contributed by atoms with Crippen molar-refractivity contribution in [3.63, 3.8) is 0 Å². The number of methoxy groups -OCH3 is 1. The fraction of sp³-hybridized carbons (Fsp3) is 0.429. The molecule has 0 saturated carbocycles. The zero-order valence-corrected chi connectivity index (χ0v) is 15.7. The third-order valence-corrected chi connectivity index (χ3v) is 4.61. The third-order valence-electron chi connectivity index (χ3n) is 4.61. The average Bonchev–Trinajstić information content (AvgIpc) is 2.70. The van der Waals surface area contributed by atoms with E-state index in [0.717, 1.165) is 50.0 Å². The summed E-state index contributed by atoms with van der Waals surface area (Å²) in [5.74, 6) is 2.58. The lowest BCUT2D eigenvalue weighted by Gasteiger charge is -2.36. The maximum absolute atomic E-state index is 5.94. The largest absolute Gasteiger partial charge is 0.495 e. The van der Waals surface area contributed by atoms with Crippen molar-refractivity contribution in [1.29, 1.82) is 0 Å². The summed E-state index contributed by atoms with van der Waals surface area (Å²) in [5.41, 5.74) is 1.18. The van der Waals surface area contributed by atoms with Crippen molar-refractivity contribution in [2.45, 2.75) is 6.92 Å². The second-order valence-corrected chi connectivity index (χ2v) is 6.23. The fourth-order valence-corrected chi connectivity index (χ4v) is 3.23. The number of hydrogen-bond donors (Lipinski definition) is 0. The normalized spacial score (nSPS) is 14.9. The van der Waals surface area contributed by atoms with Crippen LogP contribution in [0.1, 0.15) is 6.92 Å². The van der Waals surface area contributed by atoms with E-state index in [0.29, 0.717) is 13.2 Å². The van der Waals surface area contributed by atoms with Gasteiger partial charge in [-0.05, 0) is 31.2 Å². The maximum Gasteiger partial charge on any atom is 0.161 e. The quantitative estimate of drug-likeness (QED) is 0.725. The molecule has 0 amide bonds. The zero-order chi connectivity index (χ0) is 18.2. The zero-order valence-electron chi connectivity index (χ0n) is 15.7. The first-order valence-corrected chi connectivity index (χ1v) is 9.26. The van der Waals surface area contributed by atoms with Gasteiger partial charge in [-0.3, -0.25) is 4.90 Å². The van der Waals surface area contributed by atoms with Crippen LogP contribution < -0.4 is 19.1 Å². The van der Waals surface area contributed by atoms with Crippen molar-refractivity contribution in [3.05, 3.63) is 48.5 Å². The van der Waals surface area contributed by atoms with Gasteiger partial charge in [0.2, 0.25) is 0 Å². The Bertz CT molecular complexity index is 684. The fourth-order valence-electron chi connectivity index (χ4n) is 3.23. The van der Waals surface area contributed by atoms with Gasteiger partial charge in [-0.25, -0.2) is 0 Å². The summed E-state index contributed by atoms with van der Waals surface area (Å²) in [6.45, 7) is 8.25. The molecule has 5 heteroatoms. The molecule has 140 valence electrons. The Morgan fingerprint density at radius 2 is 1.42 bits per heavy atom. The predicted molar refractivity (Wildman–Crippen MR) is 105 cm³/mol. The summed E-state index contributed by atoms with van der Waals surface area (Å²) < 4.78 is 17.0. The number of ether oxygens (including phenoxy) is 3. The van der Waals surface area contributed by atoms with E-state index in [1.165, 1.54) is 5.69 Å². The van der Waals surface area contributed by atoms with Gasteiger partial charge < -0.3 is 19.1 Å². The number of nitrogens with zero attached hydrogens (tertiary/aromatic N) is 2. The minimum Gasteiger partial charge on any atom is -0.495 e. The molecule has 0 spiro atoms. The number of rotatable bonds is 8. The Morgan fingerprint density at radius 1 is 0.808 bits per heavy atom. The van der Waals surface area contributed by atoms with Crippen LogP contribution in [0.3, 0.4) is 0 Å². The molecule has 1 aliphatic rings. The highest BCUT2D eigenvalue weighted by atomic mass is 16.5. The van der Waals surface area contributed by atoms with E-state index < -0.39 is 0 Å². The smallest absolute Gasteiger partial charge is 0.161 e. The van der Waals surface area contributed by atoms with Crippen LogP contribution in [0.25, 0.3) is 0 Å². The van der Waals surface area contributed by atoms with Gasteiger partial charge in [0.05, 0.1) is 19.4 Å². The monoisotopic (exact) mass is 356 g/mol. The molecule has 0 aromatic heterocycles. The van der Waals surface area contributed by atoms with Crippen LogP contribution in [0.15, 0.2) is 48.5 Å². The van der Waals surface area contributed by atoms with Gasteiger partial charge in [-0.1, -0.05) is 24.3 Å². The van der Waals surface area contributed by atoms with E-state index >= 15 is 0 Å². The Labute approximate surface area is 156 Å². The number of para-hydroxylation sites is 4. The van der Waals surface area contributed by atoms with Crippen LogP contribution in [0.2, 0.25) is 0 Å². The molecule has 0 N–H and O–H groups in total. The minimum atomic E-state index is 0.644. The Hall–Kier alpha value is -2.40. The molecule has 1 heterocycles. The van der Waals surface area contributed by atoms with Gasteiger partial charge in [0, 0.05) is 32.7 Å². The van der Waals surface area contributed by atoms with Gasteiger partial charge in [0.25, 0.3) is 0 Å². The molecule has 0 radical (unpaired) electrons. The standard InChI is InChI=1S/C21H28N2O3/c1-3-25-20-10-6-7-11-21(20)26-17-16-22-12-14-23(15-13-22)18-8-4-5-9-19(18)24-2/h4-11H,3,12-17H2,1-2H3. The van der Waals surface area contributed by atoms with Crippen molar-refractivity contribution in [2.24, 2.45) is 0 Å². The van der Waals surface area contributed by atoms with Crippen molar-refractivity contribution in [1.82, 2.24) is 4.90 Å². The number of piperazine rings is 1. The van der Waals surface area contributed by atoms with Gasteiger partial charge in [0.1, 0.15) is 12.4 Å². The molecule has 26 heavy (non-hydrogen) atoms. The minimum absolute atomic E-state index is 0.644. The van der Waals surface area contributed by atoms with E-state index in [4.69, 9.17) is 14.2 Å². The second-order valence-electron chi connectivity index (χ2n) is 6.23. The van der Waals surface area contributed by atoms with E-state index in [1.54, 1.807) is 7.11 Å². The van der Waals surface area contributed by atoms with E-state index in [2.05, 4.69) is 21.9 Å². The van der Waals surface area contributed by atoms with Gasteiger partial charge in [-0.15, -0.1) is 0 Å². The van der Waals surface area contributed by atoms with E-state index in [1.807, 2.05) is 43.3 Å². The summed E-state index contributed by atoms with van der Waals surface area (Å²) in [4.78, 5) is 4.83. The molecule has 2 aromatic rings. The molecule has 1 saturated heterocycles. The van der Waals surface area contributed by atoms with Crippen LogP contribution in [0.4, 0.5) is 5.69 Å². The molecule has 0 bridgehead atoms. The van der Waals surface area contributed by atoms with Gasteiger partial charge in [0.15, 0.2) is 11.5 Å². The van der Waals surface area contributed by atoms with Crippen molar-refractivity contribution in [2.75, 3.05) is 57.9 Å².